The number of fused-ring (bicyclic) bond motifs is 1. The summed E-state index contributed by atoms with van der Waals surface area (Å²) in [6, 6.07) is 20.3. The lowest BCUT2D eigenvalue weighted by Crippen LogP contribution is -2.10. The van der Waals surface area contributed by atoms with Gasteiger partial charge in [0.1, 0.15) is 6.07 Å². The first-order valence-corrected chi connectivity index (χ1v) is 7.21. The number of rotatable bonds is 3. The Labute approximate surface area is 130 Å². The van der Waals surface area contributed by atoms with E-state index in [1.165, 1.54) is 5.56 Å². The number of nitrogens with zero attached hydrogens (tertiary/aromatic N) is 3. The van der Waals surface area contributed by atoms with Gasteiger partial charge in [0.15, 0.2) is 0 Å². The smallest absolute Gasteiger partial charge is 0.101 e. The molecule has 0 saturated carbocycles. The van der Waals surface area contributed by atoms with Crippen molar-refractivity contribution < 1.29 is 0 Å². The summed E-state index contributed by atoms with van der Waals surface area (Å²) in [6.07, 6.45) is 0. The third-order valence-corrected chi connectivity index (χ3v) is 3.54. The summed E-state index contributed by atoms with van der Waals surface area (Å²) in [5, 5.41) is 10.4. The second kappa shape index (κ2) is 5.97. The minimum atomic E-state index is 0.612. The largest absolute Gasteiger partial charge is 0.305 e. The van der Waals surface area contributed by atoms with Crippen LogP contribution in [-0.2, 0) is 6.54 Å². The predicted octanol–water partition coefficient (Wildman–Crippen LogP) is 3.84. The lowest BCUT2D eigenvalue weighted by Gasteiger charge is -2.11. The molecule has 0 amide bonds. The Morgan fingerprint density at radius 2 is 1.86 bits per heavy atom. The van der Waals surface area contributed by atoms with Crippen LogP contribution in [0.2, 0.25) is 0 Å². The average Bonchev–Trinajstić information content (AvgIpc) is 2.53. The van der Waals surface area contributed by atoms with Gasteiger partial charge in [-0.3, -0.25) is 0 Å². The molecule has 22 heavy (non-hydrogen) atoms. The molecule has 3 heteroatoms. The number of benzene rings is 2. The van der Waals surface area contributed by atoms with Crippen molar-refractivity contribution in [2.45, 2.75) is 6.54 Å². The van der Waals surface area contributed by atoms with E-state index in [1.54, 1.807) is 0 Å². The Morgan fingerprint density at radius 1 is 1.05 bits per heavy atom. The van der Waals surface area contributed by atoms with Gasteiger partial charge in [0.2, 0.25) is 0 Å². The third-order valence-electron chi connectivity index (χ3n) is 3.54. The Balaban J connectivity index is 2.15. The molecule has 0 saturated heterocycles. The van der Waals surface area contributed by atoms with Crippen molar-refractivity contribution in [1.29, 1.82) is 5.26 Å². The van der Waals surface area contributed by atoms with E-state index in [2.05, 4.69) is 23.1 Å². The molecule has 0 atom stereocenters. The van der Waals surface area contributed by atoms with Crippen LogP contribution in [0, 0.1) is 11.3 Å². The van der Waals surface area contributed by atoms with Crippen molar-refractivity contribution in [2.75, 3.05) is 14.1 Å². The highest BCUT2D eigenvalue weighted by Crippen LogP contribution is 2.26. The average molecular weight is 287 g/mol. The van der Waals surface area contributed by atoms with Gasteiger partial charge in [0, 0.05) is 17.5 Å². The van der Waals surface area contributed by atoms with Crippen LogP contribution >= 0.6 is 0 Å². The minimum Gasteiger partial charge on any atom is -0.305 e. The molecule has 1 heterocycles. The highest BCUT2D eigenvalue weighted by Gasteiger charge is 2.09. The van der Waals surface area contributed by atoms with Gasteiger partial charge in [0.05, 0.1) is 16.8 Å². The highest BCUT2D eigenvalue weighted by molar-refractivity contribution is 5.84. The van der Waals surface area contributed by atoms with Gasteiger partial charge >= 0.3 is 0 Å². The summed E-state index contributed by atoms with van der Waals surface area (Å²) >= 11 is 0. The number of hydrogen-bond donors (Lipinski definition) is 0. The fourth-order valence-corrected chi connectivity index (χ4v) is 2.60. The zero-order valence-corrected chi connectivity index (χ0v) is 12.7. The molecule has 0 aliphatic heterocycles. The SMILES string of the molecule is CN(C)Cc1cccc(-c2nc3ccccc3cc2C#N)c1. The van der Waals surface area contributed by atoms with Crippen LogP contribution in [0.3, 0.4) is 0 Å². The maximum Gasteiger partial charge on any atom is 0.101 e. The van der Waals surface area contributed by atoms with E-state index in [0.29, 0.717) is 5.56 Å². The number of pyridine rings is 1. The van der Waals surface area contributed by atoms with Crippen LogP contribution in [0.15, 0.2) is 54.6 Å². The van der Waals surface area contributed by atoms with E-state index in [4.69, 9.17) is 4.98 Å². The minimum absolute atomic E-state index is 0.612. The van der Waals surface area contributed by atoms with Gasteiger partial charge in [-0.15, -0.1) is 0 Å². The molecular weight excluding hydrogens is 270 g/mol. The molecule has 2 aromatic carbocycles. The molecule has 0 fully saturated rings. The van der Waals surface area contributed by atoms with Crippen LogP contribution in [0.4, 0.5) is 0 Å². The molecule has 0 aliphatic carbocycles. The number of aromatic nitrogens is 1. The lowest BCUT2D eigenvalue weighted by molar-refractivity contribution is 0.402. The molecular formula is C19H17N3. The standard InChI is InChI=1S/C19H17N3/c1-22(2)13-14-6-5-8-16(10-14)19-17(12-20)11-15-7-3-4-9-18(15)21-19/h3-11H,13H2,1-2H3. The Morgan fingerprint density at radius 3 is 2.64 bits per heavy atom. The van der Waals surface area contributed by atoms with Crippen LogP contribution in [0.1, 0.15) is 11.1 Å². The molecule has 1 aromatic heterocycles. The summed E-state index contributed by atoms with van der Waals surface area (Å²) in [4.78, 5) is 6.82. The summed E-state index contributed by atoms with van der Waals surface area (Å²) in [6.45, 7) is 0.864. The van der Waals surface area contributed by atoms with Gasteiger partial charge in [-0.25, -0.2) is 4.98 Å². The highest BCUT2D eigenvalue weighted by atomic mass is 15.0. The van der Waals surface area contributed by atoms with E-state index in [9.17, 15) is 5.26 Å². The molecule has 0 bridgehead atoms. The van der Waals surface area contributed by atoms with Crippen molar-refractivity contribution >= 4 is 10.9 Å². The molecule has 0 spiro atoms. The summed E-state index contributed by atoms with van der Waals surface area (Å²) < 4.78 is 0. The fraction of sp³-hybridized carbons (Fsp3) is 0.158. The third kappa shape index (κ3) is 2.83. The van der Waals surface area contributed by atoms with Gasteiger partial charge in [-0.1, -0.05) is 36.4 Å². The van der Waals surface area contributed by atoms with Gasteiger partial charge in [-0.05, 0) is 37.9 Å². The molecule has 108 valence electrons. The second-order valence-corrected chi connectivity index (χ2v) is 5.63. The molecule has 3 nitrogen and oxygen atoms in total. The lowest BCUT2D eigenvalue weighted by atomic mass is 10.0. The van der Waals surface area contributed by atoms with Crippen molar-refractivity contribution in [1.82, 2.24) is 9.88 Å². The molecule has 0 radical (unpaired) electrons. The fourth-order valence-electron chi connectivity index (χ4n) is 2.60. The molecule has 0 unspecified atom stereocenters. The van der Waals surface area contributed by atoms with Gasteiger partial charge in [-0.2, -0.15) is 5.26 Å². The van der Waals surface area contributed by atoms with Crippen molar-refractivity contribution in [3.05, 3.63) is 65.7 Å². The quantitative estimate of drug-likeness (QED) is 0.735. The van der Waals surface area contributed by atoms with Crippen molar-refractivity contribution in [3.63, 3.8) is 0 Å². The maximum absolute atomic E-state index is 9.46. The molecule has 3 aromatic rings. The summed E-state index contributed by atoms with van der Waals surface area (Å²) in [5.41, 5.74) is 4.47. The van der Waals surface area contributed by atoms with E-state index >= 15 is 0 Å². The van der Waals surface area contributed by atoms with E-state index in [1.807, 2.05) is 56.6 Å². The topological polar surface area (TPSA) is 39.9 Å². The molecule has 0 N–H and O–H groups in total. The van der Waals surface area contributed by atoms with E-state index < -0.39 is 0 Å². The second-order valence-electron chi connectivity index (χ2n) is 5.63. The van der Waals surface area contributed by atoms with E-state index in [-0.39, 0.29) is 0 Å². The molecule has 0 aliphatic rings. The van der Waals surface area contributed by atoms with Crippen molar-refractivity contribution in [3.8, 4) is 17.3 Å². The Kier molecular flexibility index (Phi) is 3.86. The van der Waals surface area contributed by atoms with E-state index in [0.717, 1.165) is 28.7 Å². The number of para-hydroxylation sites is 1. The van der Waals surface area contributed by atoms with Gasteiger partial charge in [0.25, 0.3) is 0 Å². The summed E-state index contributed by atoms with van der Waals surface area (Å²) in [7, 11) is 4.09. The number of nitriles is 1. The first kappa shape index (κ1) is 14.2. The predicted molar refractivity (Wildman–Crippen MR) is 89.3 cm³/mol. The summed E-state index contributed by atoms with van der Waals surface area (Å²) in [5.74, 6) is 0. The van der Waals surface area contributed by atoms with Crippen LogP contribution in [0.5, 0.6) is 0 Å². The van der Waals surface area contributed by atoms with Crippen LogP contribution < -0.4 is 0 Å². The maximum atomic E-state index is 9.46. The normalized spacial score (nSPS) is 10.8. The van der Waals surface area contributed by atoms with Crippen molar-refractivity contribution in [2.24, 2.45) is 0 Å². The van der Waals surface area contributed by atoms with Gasteiger partial charge < -0.3 is 4.90 Å². The zero-order chi connectivity index (χ0) is 15.5. The Hall–Kier alpha value is -2.70. The first-order chi connectivity index (χ1) is 10.7. The van der Waals surface area contributed by atoms with Crippen LogP contribution in [0.25, 0.3) is 22.2 Å². The Bertz CT molecular complexity index is 860. The zero-order valence-electron chi connectivity index (χ0n) is 12.7. The van der Waals surface area contributed by atoms with Crippen LogP contribution in [-0.4, -0.2) is 24.0 Å². The monoisotopic (exact) mass is 287 g/mol. The molecule has 3 rings (SSSR count). The first-order valence-electron chi connectivity index (χ1n) is 7.21. The number of hydrogen-bond acceptors (Lipinski definition) is 3.